The van der Waals surface area contributed by atoms with E-state index in [-0.39, 0.29) is 5.78 Å². The molecule has 4 amide bonds. The summed E-state index contributed by atoms with van der Waals surface area (Å²) in [5, 5.41) is 5.18. The number of nitrogens with one attached hydrogen (secondary N) is 2. The van der Waals surface area contributed by atoms with Crippen LogP contribution in [0.2, 0.25) is 0 Å². The molecule has 0 unspecified atom stereocenters. The maximum Gasteiger partial charge on any atom is 0.326 e. The molecule has 2 fully saturated rings. The Balaban J connectivity index is 1.50. The van der Waals surface area contributed by atoms with E-state index in [1.54, 1.807) is 18.2 Å². The van der Waals surface area contributed by atoms with Gasteiger partial charge in [0.1, 0.15) is 12.1 Å². The molecule has 1 spiro atoms. The van der Waals surface area contributed by atoms with Crippen LogP contribution in [0, 0.1) is 0 Å². The molecule has 1 aliphatic carbocycles. The number of urea groups is 1. The van der Waals surface area contributed by atoms with Crippen molar-refractivity contribution in [2.75, 3.05) is 18.5 Å². The van der Waals surface area contributed by atoms with Gasteiger partial charge in [0, 0.05) is 11.3 Å². The van der Waals surface area contributed by atoms with Crippen LogP contribution in [0.3, 0.4) is 0 Å². The fourth-order valence-electron chi connectivity index (χ4n) is 3.47. The monoisotopic (exact) mass is 387 g/mol. The van der Waals surface area contributed by atoms with E-state index >= 15 is 0 Å². The van der Waals surface area contributed by atoms with Gasteiger partial charge in [0.15, 0.2) is 12.4 Å². The van der Waals surface area contributed by atoms with Crippen molar-refractivity contribution in [2.45, 2.75) is 38.1 Å². The SMILES string of the molecule is CC(=O)c1cccc(NC(=O)COC(=O)CN2C(=O)NC3(CCCC3)C2=O)c1. The molecule has 0 bridgehead atoms. The van der Waals surface area contributed by atoms with Crippen LogP contribution in [-0.4, -0.2) is 53.2 Å². The molecular weight excluding hydrogens is 366 g/mol. The van der Waals surface area contributed by atoms with Crippen LogP contribution in [0.4, 0.5) is 10.5 Å². The van der Waals surface area contributed by atoms with E-state index in [9.17, 15) is 24.0 Å². The van der Waals surface area contributed by atoms with Gasteiger partial charge >= 0.3 is 12.0 Å². The topological polar surface area (TPSA) is 122 Å². The number of imide groups is 1. The number of ether oxygens (including phenoxy) is 1. The van der Waals surface area contributed by atoms with Gasteiger partial charge in [-0.3, -0.25) is 24.1 Å². The Bertz CT molecular complexity index is 844. The second-order valence-corrected chi connectivity index (χ2v) is 6.96. The third-order valence-electron chi connectivity index (χ3n) is 4.91. The number of Topliss-reactive ketones (excluding diaryl/α,β-unsaturated/α-hetero) is 1. The van der Waals surface area contributed by atoms with Gasteiger partial charge in [-0.05, 0) is 31.9 Å². The molecule has 1 aliphatic heterocycles. The number of esters is 1. The van der Waals surface area contributed by atoms with Crippen LogP contribution in [0.5, 0.6) is 0 Å². The number of hydrogen-bond acceptors (Lipinski definition) is 6. The maximum absolute atomic E-state index is 12.5. The molecule has 2 aliphatic rings. The van der Waals surface area contributed by atoms with Gasteiger partial charge in [0.05, 0.1) is 0 Å². The third kappa shape index (κ3) is 4.03. The molecule has 0 radical (unpaired) electrons. The first-order chi connectivity index (χ1) is 13.3. The molecule has 0 aromatic heterocycles. The molecule has 3 rings (SSSR count). The summed E-state index contributed by atoms with van der Waals surface area (Å²) in [7, 11) is 0. The molecule has 0 atom stereocenters. The normalized spacial score (nSPS) is 17.5. The van der Waals surface area contributed by atoms with Crippen molar-refractivity contribution in [3.63, 3.8) is 0 Å². The zero-order chi connectivity index (χ0) is 20.3. The van der Waals surface area contributed by atoms with Crippen molar-refractivity contribution < 1.29 is 28.7 Å². The summed E-state index contributed by atoms with van der Waals surface area (Å²) in [4.78, 5) is 60.6. The quantitative estimate of drug-likeness (QED) is 0.430. The van der Waals surface area contributed by atoms with E-state index in [1.807, 2.05) is 0 Å². The molecule has 148 valence electrons. The second-order valence-electron chi connectivity index (χ2n) is 6.96. The Morgan fingerprint density at radius 3 is 2.61 bits per heavy atom. The molecule has 1 saturated carbocycles. The lowest BCUT2D eigenvalue weighted by molar-refractivity contribution is -0.150. The molecule has 9 heteroatoms. The van der Waals surface area contributed by atoms with Gasteiger partial charge in [-0.15, -0.1) is 0 Å². The van der Waals surface area contributed by atoms with Crippen molar-refractivity contribution in [3.05, 3.63) is 29.8 Å². The number of nitrogens with zero attached hydrogens (tertiary/aromatic N) is 1. The summed E-state index contributed by atoms with van der Waals surface area (Å²) < 4.78 is 4.87. The zero-order valence-corrected chi connectivity index (χ0v) is 15.4. The number of carbonyl (C=O) groups is 5. The van der Waals surface area contributed by atoms with Crippen LogP contribution >= 0.6 is 0 Å². The number of rotatable bonds is 6. The smallest absolute Gasteiger partial charge is 0.326 e. The highest BCUT2D eigenvalue weighted by atomic mass is 16.5. The fraction of sp³-hybridized carbons (Fsp3) is 0.421. The van der Waals surface area contributed by atoms with Gasteiger partial charge in [-0.2, -0.15) is 0 Å². The summed E-state index contributed by atoms with van der Waals surface area (Å²) in [6.45, 7) is 0.297. The number of carbonyl (C=O) groups excluding carboxylic acids is 5. The largest absolute Gasteiger partial charge is 0.454 e. The van der Waals surface area contributed by atoms with E-state index in [0.29, 0.717) is 24.1 Å². The Morgan fingerprint density at radius 2 is 1.93 bits per heavy atom. The minimum absolute atomic E-state index is 0.142. The highest BCUT2D eigenvalue weighted by Crippen LogP contribution is 2.34. The van der Waals surface area contributed by atoms with Gasteiger partial charge in [0.25, 0.3) is 11.8 Å². The highest BCUT2D eigenvalue weighted by Gasteiger charge is 2.52. The summed E-state index contributed by atoms with van der Waals surface area (Å²) in [5.74, 6) is -2.02. The second kappa shape index (κ2) is 7.79. The maximum atomic E-state index is 12.5. The van der Waals surface area contributed by atoms with Gasteiger partial charge in [0.2, 0.25) is 0 Å². The van der Waals surface area contributed by atoms with Crippen molar-refractivity contribution in [2.24, 2.45) is 0 Å². The standard InChI is InChI=1S/C19H21N3O6/c1-12(23)13-5-4-6-14(9-13)20-15(24)11-28-16(25)10-22-17(26)19(21-18(22)27)7-2-3-8-19/h4-6,9H,2-3,7-8,10-11H2,1H3,(H,20,24)(H,21,27). The predicted molar refractivity (Wildman–Crippen MR) is 97.5 cm³/mol. The first-order valence-electron chi connectivity index (χ1n) is 9.01. The van der Waals surface area contributed by atoms with Crippen LogP contribution in [-0.2, 0) is 19.1 Å². The molecule has 2 N–H and O–H groups in total. The first kappa shape index (κ1) is 19.5. The summed E-state index contributed by atoms with van der Waals surface area (Å²) in [6, 6.07) is 5.73. The molecule has 1 heterocycles. The lowest BCUT2D eigenvalue weighted by Crippen LogP contribution is -2.44. The fourth-order valence-corrected chi connectivity index (χ4v) is 3.47. The average molecular weight is 387 g/mol. The van der Waals surface area contributed by atoms with E-state index in [0.717, 1.165) is 17.7 Å². The number of benzene rings is 1. The average Bonchev–Trinajstić information content (AvgIpc) is 3.21. The van der Waals surface area contributed by atoms with E-state index < -0.39 is 42.5 Å². The van der Waals surface area contributed by atoms with Crippen molar-refractivity contribution in [1.29, 1.82) is 0 Å². The summed E-state index contributed by atoms with van der Waals surface area (Å²) >= 11 is 0. The number of anilines is 1. The van der Waals surface area contributed by atoms with E-state index in [1.165, 1.54) is 13.0 Å². The predicted octanol–water partition coefficient (Wildman–Crippen LogP) is 1.24. The molecule has 1 aromatic carbocycles. The van der Waals surface area contributed by atoms with Crippen molar-refractivity contribution >= 4 is 35.3 Å². The lowest BCUT2D eigenvalue weighted by atomic mass is 9.98. The highest BCUT2D eigenvalue weighted by molar-refractivity contribution is 6.09. The molecule has 1 aromatic rings. The van der Waals surface area contributed by atoms with Crippen molar-refractivity contribution in [1.82, 2.24) is 10.2 Å². The van der Waals surface area contributed by atoms with Crippen LogP contribution in [0.1, 0.15) is 43.0 Å². The van der Waals surface area contributed by atoms with Gasteiger partial charge < -0.3 is 15.4 Å². The Morgan fingerprint density at radius 1 is 1.21 bits per heavy atom. The van der Waals surface area contributed by atoms with Gasteiger partial charge in [-0.1, -0.05) is 25.0 Å². The molecular formula is C19H21N3O6. The minimum atomic E-state index is -0.892. The molecule has 28 heavy (non-hydrogen) atoms. The van der Waals surface area contributed by atoms with Crippen molar-refractivity contribution in [3.8, 4) is 0 Å². The van der Waals surface area contributed by atoms with Crippen LogP contribution in [0.25, 0.3) is 0 Å². The summed E-state index contributed by atoms with van der Waals surface area (Å²) in [5.41, 5.74) is -0.0589. The van der Waals surface area contributed by atoms with E-state index in [2.05, 4.69) is 10.6 Å². The lowest BCUT2D eigenvalue weighted by Gasteiger charge is -2.19. The van der Waals surface area contributed by atoms with E-state index in [4.69, 9.17) is 4.74 Å². The molecule has 9 nitrogen and oxygen atoms in total. The molecule has 1 saturated heterocycles. The third-order valence-corrected chi connectivity index (χ3v) is 4.91. The summed E-state index contributed by atoms with van der Waals surface area (Å²) in [6.07, 6.45) is 2.81. The Hall–Kier alpha value is -3.23. The Labute approximate surface area is 161 Å². The van der Waals surface area contributed by atoms with Crippen LogP contribution < -0.4 is 10.6 Å². The Kier molecular flexibility index (Phi) is 5.43. The first-order valence-corrected chi connectivity index (χ1v) is 9.01. The number of hydrogen-bond donors (Lipinski definition) is 2. The zero-order valence-electron chi connectivity index (χ0n) is 15.4. The van der Waals surface area contributed by atoms with Crippen LogP contribution in [0.15, 0.2) is 24.3 Å². The number of amides is 4. The van der Waals surface area contributed by atoms with Gasteiger partial charge in [-0.25, -0.2) is 4.79 Å². The minimum Gasteiger partial charge on any atom is -0.454 e. The number of ketones is 1.